The van der Waals surface area contributed by atoms with Crippen LogP contribution in [0.5, 0.6) is 11.5 Å². The third-order valence-corrected chi connectivity index (χ3v) is 5.75. The molecule has 9 heteroatoms. The van der Waals surface area contributed by atoms with Crippen LogP contribution in [0.1, 0.15) is 21.5 Å². The lowest BCUT2D eigenvalue weighted by Gasteiger charge is -2.10. The number of hydrogen-bond donors (Lipinski definition) is 1. The maximum Gasteiger partial charge on any atom is 0.343 e. The molecule has 4 rings (SSSR count). The molecule has 0 aliphatic carbocycles. The first-order valence-electron chi connectivity index (χ1n) is 9.16. The Bertz CT molecular complexity index is 1300. The number of amidine groups is 1. The maximum absolute atomic E-state index is 12.3. The Morgan fingerprint density at radius 2 is 1.74 bits per heavy atom. The van der Waals surface area contributed by atoms with Crippen LogP contribution in [-0.4, -0.2) is 33.5 Å². The van der Waals surface area contributed by atoms with E-state index in [2.05, 4.69) is 14.9 Å². The number of rotatable bonds is 5. The normalized spacial score (nSPS) is 14.0. The van der Waals surface area contributed by atoms with Crippen LogP contribution in [-0.2, 0) is 10.0 Å². The summed E-state index contributed by atoms with van der Waals surface area (Å²) in [5, 5.41) is 4.07. The quantitative estimate of drug-likeness (QED) is 0.286. The molecule has 0 aromatic heterocycles. The van der Waals surface area contributed by atoms with E-state index in [1.54, 1.807) is 60.7 Å². The summed E-state index contributed by atoms with van der Waals surface area (Å²) in [5.41, 5.74) is 4.18. The first-order chi connectivity index (χ1) is 15.0. The molecule has 0 saturated carbocycles. The molecule has 0 radical (unpaired) electrons. The van der Waals surface area contributed by atoms with Gasteiger partial charge in [-0.25, -0.2) is 4.79 Å². The molecule has 0 atom stereocenters. The first kappa shape index (κ1) is 20.3. The van der Waals surface area contributed by atoms with Crippen molar-refractivity contribution < 1.29 is 22.7 Å². The number of carbonyl (C=O) groups excluding carboxylic acids is 1. The van der Waals surface area contributed by atoms with E-state index in [9.17, 15) is 13.2 Å². The van der Waals surface area contributed by atoms with Gasteiger partial charge in [-0.15, -0.1) is 4.40 Å². The van der Waals surface area contributed by atoms with E-state index in [1.165, 1.54) is 19.4 Å². The minimum atomic E-state index is -3.72. The van der Waals surface area contributed by atoms with Gasteiger partial charge in [-0.2, -0.15) is 13.5 Å². The van der Waals surface area contributed by atoms with Crippen molar-refractivity contribution in [3.05, 3.63) is 89.5 Å². The topological polar surface area (TPSA) is 106 Å². The van der Waals surface area contributed by atoms with E-state index in [0.29, 0.717) is 22.4 Å². The minimum Gasteiger partial charge on any atom is -0.493 e. The van der Waals surface area contributed by atoms with E-state index in [-0.39, 0.29) is 16.5 Å². The van der Waals surface area contributed by atoms with Gasteiger partial charge < -0.3 is 9.47 Å². The summed E-state index contributed by atoms with van der Waals surface area (Å²) in [4.78, 5) is 12.4. The van der Waals surface area contributed by atoms with E-state index in [1.807, 2.05) is 6.07 Å². The Morgan fingerprint density at radius 3 is 2.52 bits per heavy atom. The van der Waals surface area contributed by atoms with Crippen molar-refractivity contribution in [3.8, 4) is 11.5 Å². The van der Waals surface area contributed by atoms with Gasteiger partial charge in [-0.3, -0.25) is 5.43 Å². The second kappa shape index (κ2) is 8.41. The molecule has 3 aromatic rings. The van der Waals surface area contributed by atoms with Crippen LogP contribution in [0.3, 0.4) is 0 Å². The highest BCUT2D eigenvalue weighted by molar-refractivity contribution is 7.90. The van der Waals surface area contributed by atoms with Crippen molar-refractivity contribution in [1.82, 2.24) is 5.43 Å². The Morgan fingerprint density at radius 1 is 1.00 bits per heavy atom. The number of ether oxygens (including phenoxy) is 2. The standard InChI is InChI=1S/C22H17N3O5S/c1-29-19-13-15(11-12-18(19)30-22(26)16-7-3-2-4-8-16)14-23-24-21-17-9-5-6-10-20(17)31(27,28)25-21/h2-14H,1H3,(H,24,25). The van der Waals surface area contributed by atoms with Gasteiger partial charge in [0, 0.05) is 5.56 Å². The lowest BCUT2D eigenvalue weighted by Crippen LogP contribution is -2.17. The number of nitrogens with zero attached hydrogens (tertiary/aromatic N) is 2. The Hall–Kier alpha value is -3.98. The molecule has 1 aliphatic rings. The molecule has 156 valence electrons. The zero-order chi connectivity index (χ0) is 21.8. The summed E-state index contributed by atoms with van der Waals surface area (Å²) in [6, 6.07) is 20.0. The molecule has 0 bridgehead atoms. The van der Waals surface area contributed by atoms with Crippen molar-refractivity contribution >= 4 is 28.0 Å². The van der Waals surface area contributed by atoms with Gasteiger partial charge in [0.05, 0.1) is 18.9 Å². The van der Waals surface area contributed by atoms with Gasteiger partial charge in [0.25, 0.3) is 10.0 Å². The Balaban J connectivity index is 1.49. The fourth-order valence-electron chi connectivity index (χ4n) is 2.94. The van der Waals surface area contributed by atoms with E-state index in [0.717, 1.165) is 0 Å². The van der Waals surface area contributed by atoms with Crippen molar-refractivity contribution in [1.29, 1.82) is 0 Å². The van der Waals surface area contributed by atoms with Crippen molar-refractivity contribution in [2.24, 2.45) is 9.50 Å². The fourth-order valence-corrected chi connectivity index (χ4v) is 4.11. The smallest absolute Gasteiger partial charge is 0.343 e. The summed E-state index contributed by atoms with van der Waals surface area (Å²) in [7, 11) is -2.26. The van der Waals surface area contributed by atoms with Gasteiger partial charge in [-0.05, 0) is 48.0 Å². The summed E-state index contributed by atoms with van der Waals surface area (Å²) < 4.78 is 38.6. The molecule has 1 aliphatic heterocycles. The lowest BCUT2D eigenvalue weighted by atomic mass is 10.2. The number of sulfonamides is 1. The summed E-state index contributed by atoms with van der Waals surface area (Å²) >= 11 is 0. The fraction of sp³-hybridized carbons (Fsp3) is 0.0455. The van der Waals surface area contributed by atoms with Crippen LogP contribution in [0, 0.1) is 0 Å². The van der Waals surface area contributed by atoms with E-state index >= 15 is 0 Å². The number of carbonyl (C=O) groups is 1. The molecule has 31 heavy (non-hydrogen) atoms. The van der Waals surface area contributed by atoms with Crippen molar-refractivity contribution in [3.63, 3.8) is 0 Å². The molecule has 0 saturated heterocycles. The SMILES string of the molecule is COc1cc(C=NNC2=NS(=O)(=O)c3ccccc32)ccc1OC(=O)c1ccccc1. The summed E-state index contributed by atoms with van der Waals surface area (Å²) in [6.07, 6.45) is 1.47. The number of hydrazone groups is 1. The largest absolute Gasteiger partial charge is 0.493 e. The Labute approximate surface area is 178 Å². The van der Waals surface area contributed by atoms with Crippen LogP contribution in [0.15, 0.2) is 87.2 Å². The molecule has 0 fully saturated rings. The van der Waals surface area contributed by atoms with Gasteiger partial charge >= 0.3 is 5.97 Å². The number of fused-ring (bicyclic) bond motifs is 1. The van der Waals surface area contributed by atoms with Gasteiger partial charge in [-0.1, -0.05) is 30.3 Å². The molecular weight excluding hydrogens is 418 g/mol. The predicted molar refractivity (Wildman–Crippen MR) is 115 cm³/mol. The number of hydrogen-bond acceptors (Lipinski definition) is 7. The molecule has 0 unspecified atom stereocenters. The zero-order valence-electron chi connectivity index (χ0n) is 16.3. The van der Waals surface area contributed by atoms with E-state index < -0.39 is 16.0 Å². The number of methoxy groups -OCH3 is 1. The molecule has 1 N–H and O–H groups in total. The first-order valence-corrected chi connectivity index (χ1v) is 10.6. The molecular formula is C22H17N3O5S. The van der Waals surface area contributed by atoms with Crippen LogP contribution < -0.4 is 14.9 Å². The highest BCUT2D eigenvalue weighted by Crippen LogP contribution is 2.28. The highest BCUT2D eigenvalue weighted by atomic mass is 32.2. The monoisotopic (exact) mass is 435 g/mol. The molecule has 0 spiro atoms. The summed E-state index contributed by atoms with van der Waals surface area (Å²) in [6.45, 7) is 0. The maximum atomic E-state index is 12.3. The molecule has 3 aromatic carbocycles. The van der Waals surface area contributed by atoms with Crippen molar-refractivity contribution in [2.75, 3.05) is 7.11 Å². The average molecular weight is 435 g/mol. The lowest BCUT2D eigenvalue weighted by molar-refractivity contribution is 0.0729. The summed E-state index contributed by atoms with van der Waals surface area (Å²) in [5.74, 6) is 0.259. The molecule has 1 heterocycles. The molecule has 0 amide bonds. The Kier molecular flexibility index (Phi) is 5.50. The predicted octanol–water partition coefficient (Wildman–Crippen LogP) is 2.99. The van der Waals surface area contributed by atoms with Crippen LogP contribution in [0.4, 0.5) is 0 Å². The van der Waals surface area contributed by atoms with Crippen LogP contribution >= 0.6 is 0 Å². The van der Waals surface area contributed by atoms with E-state index in [4.69, 9.17) is 9.47 Å². The van der Waals surface area contributed by atoms with Crippen LogP contribution in [0.2, 0.25) is 0 Å². The number of esters is 1. The number of benzene rings is 3. The van der Waals surface area contributed by atoms with Gasteiger partial charge in [0.15, 0.2) is 17.3 Å². The second-order valence-corrected chi connectivity index (χ2v) is 8.02. The third-order valence-electron chi connectivity index (χ3n) is 4.42. The minimum absolute atomic E-state index is 0.138. The van der Waals surface area contributed by atoms with Crippen LogP contribution in [0.25, 0.3) is 0 Å². The van der Waals surface area contributed by atoms with Gasteiger partial charge in [0.2, 0.25) is 0 Å². The highest BCUT2D eigenvalue weighted by Gasteiger charge is 2.28. The van der Waals surface area contributed by atoms with Gasteiger partial charge in [0.1, 0.15) is 4.90 Å². The zero-order valence-corrected chi connectivity index (χ0v) is 17.2. The molecule has 8 nitrogen and oxygen atoms in total. The second-order valence-electron chi connectivity index (χ2n) is 6.45. The average Bonchev–Trinajstić information content (AvgIpc) is 3.05. The third kappa shape index (κ3) is 4.31. The number of nitrogens with one attached hydrogen (secondary N) is 1. The van der Waals surface area contributed by atoms with Crippen molar-refractivity contribution in [2.45, 2.75) is 4.90 Å².